The largest absolute Gasteiger partial charge is 0.334 e. The van der Waals surface area contributed by atoms with Gasteiger partial charge in [-0.3, -0.25) is 19.2 Å². The maximum Gasteiger partial charge on any atom is 0.319 e. The Morgan fingerprint density at radius 3 is 2.29 bits per heavy atom. The molecule has 4 rings (SSSR count). The number of nitrogens with zero attached hydrogens (tertiary/aromatic N) is 3. The summed E-state index contributed by atoms with van der Waals surface area (Å²) in [6.45, 7) is 1.35. The molecular formula is C22H21N5O3S. The lowest BCUT2D eigenvalue weighted by molar-refractivity contribution is -0.125. The normalized spacial score (nSPS) is 13.5. The maximum absolute atomic E-state index is 12.2. The number of aromatic nitrogens is 2. The van der Waals surface area contributed by atoms with Gasteiger partial charge in [-0.15, -0.1) is 0 Å². The summed E-state index contributed by atoms with van der Waals surface area (Å²) in [7, 11) is 0. The first-order valence-corrected chi connectivity index (χ1v) is 10.7. The first kappa shape index (κ1) is 20.7. The number of benzene rings is 2. The Balaban J connectivity index is 1.24. The summed E-state index contributed by atoms with van der Waals surface area (Å²) < 4.78 is 1.85. The Morgan fingerprint density at radius 1 is 0.968 bits per heavy atom. The molecule has 9 heteroatoms. The number of urea groups is 1. The fourth-order valence-corrected chi connectivity index (χ4v) is 3.84. The molecule has 3 aromatic rings. The third kappa shape index (κ3) is 5.52. The van der Waals surface area contributed by atoms with E-state index in [9.17, 15) is 14.4 Å². The summed E-state index contributed by atoms with van der Waals surface area (Å²) in [6, 6.07) is 16.6. The SMILES string of the molecule is O=C(NCc1ccc(Cn2cccn2)cc1)Nc1ccc(CN2C(=O)CSC2=O)cc1. The smallest absolute Gasteiger partial charge is 0.319 e. The van der Waals surface area contributed by atoms with Crippen molar-refractivity contribution < 1.29 is 14.4 Å². The Labute approximate surface area is 183 Å². The number of carbonyl (C=O) groups is 3. The number of thioether (sulfide) groups is 1. The topological polar surface area (TPSA) is 96.3 Å². The Bertz CT molecular complexity index is 1050. The van der Waals surface area contributed by atoms with E-state index in [1.807, 2.05) is 41.2 Å². The highest BCUT2D eigenvalue weighted by atomic mass is 32.2. The van der Waals surface area contributed by atoms with E-state index in [2.05, 4.69) is 15.7 Å². The predicted molar refractivity (Wildman–Crippen MR) is 118 cm³/mol. The van der Waals surface area contributed by atoms with Crippen LogP contribution >= 0.6 is 11.8 Å². The lowest BCUT2D eigenvalue weighted by Crippen LogP contribution is -2.28. The van der Waals surface area contributed by atoms with Crippen molar-refractivity contribution in [3.05, 3.63) is 83.7 Å². The minimum Gasteiger partial charge on any atom is -0.334 e. The average molecular weight is 436 g/mol. The zero-order valence-corrected chi connectivity index (χ0v) is 17.5. The molecule has 4 amide bonds. The molecule has 0 unspecified atom stereocenters. The van der Waals surface area contributed by atoms with Crippen LogP contribution in [0.2, 0.25) is 0 Å². The highest BCUT2D eigenvalue weighted by Crippen LogP contribution is 2.21. The molecule has 1 saturated heterocycles. The van der Waals surface area contributed by atoms with Crippen molar-refractivity contribution in [3.63, 3.8) is 0 Å². The fourth-order valence-electron chi connectivity index (χ4n) is 3.11. The lowest BCUT2D eigenvalue weighted by Gasteiger charge is -2.13. The Morgan fingerprint density at radius 2 is 1.65 bits per heavy atom. The number of hydrogen-bond acceptors (Lipinski definition) is 5. The number of nitrogens with one attached hydrogen (secondary N) is 2. The molecule has 0 bridgehead atoms. The van der Waals surface area contributed by atoms with Crippen molar-refractivity contribution >= 4 is 34.6 Å². The monoisotopic (exact) mass is 435 g/mol. The van der Waals surface area contributed by atoms with Crippen molar-refractivity contribution in [3.8, 4) is 0 Å². The second-order valence-corrected chi connectivity index (χ2v) is 7.99. The summed E-state index contributed by atoms with van der Waals surface area (Å²) in [5.41, 5.74) is 3.58. The van der Waals surface area contributed by atoms with Crippen LogP contribution in [0.3, 0.4) is 0 Å². The van der Waals surface area contributed by atoms with Gasteiger partial charge in [-0.1, -0.05) is 48.2 Å². The lowest BCUT2D eigenvalue weighted by atomic mass is 10.1. The molecule has 0 aliphatic carbocycles. The van der Waals surface area contributed by atoms with Gasteiger partial charge in [0.2, 0.25) is 5.91 Å². The minimum atomic E-state index is -0.310. The summed E-state index contributed by atoms with van der Waals surface area (Å²) in [5, 5.41) is 9.58. The van der Waals surface area contributed by atoms with Crippen LogP contribution in [-0.2, 0) is 24.4 Å². The summed E-state index contributed by atoms with van der Waals surface area (Å²) in [4.78, 5) is 36.8. The van der Waals surface area contributed by atoms with Crippen molar-refractivity contribution in [1.82, 2.24) is 20.0 Å². The molecule has 1 fully saturated rings. The fraction of sp³-hybridized carbons (Fsp3) is 0.182. The van der Waals surface area contributed by atoms with Crippen LogP contribution in [0.25, 0.3) is 0 Å². The van der Waals surface area contributed by atoms with Gasteiger partial charge < -0.3 is 10.6 Å². The van der Waals surface area contributed by atoms with Gasteiger partial charge in [-0.2, -0.15) is 5.10 Å². The van der Waals surface area contributed by atoms with Gasteiger partial charge in [0.15, 0.2) is 0 Å². The molecule has 0 saturated carbocycles. The van der Waals surface area contributed by atoms with E-state index in [-0.39, 0.29) is 29.5 Å². The van der Waals surface area contributed by atoms with E-state index < -0.39 is 0 Å². The van der Waals surface area contributed by atoms with Crippen LogP contribution in [-0.4, -0.2) is 37.6 Å². The number of rotatable bonds is 7. The van der Waals surface area contributed by atoms with Gasteiger partial charge in [0.05, 0.1) is 18.8 Å². The summed E-state index contributed by atoms with van der Waals surface area (Å²) >= 11 is 1.02. The van der Waals surface area contributed by atoms with Crippen molar-refractivity contribution in [1.29, 1.82) is 0 Å². The molecule has 1 aliphatic heterocycles. The van der Waals surface area contributed by atoms with Crippen LogP contribution in [0.1, 0.15) is 16.7 Å². The van der Waals surface area contributed by atoms with E-state index in [0.29, 0.717) is 18.8 Å². The predicted octanol–water partition coefficient (Wildman–Crippen LogP) is 3.45. The molecule has 1 aliphatic rings. The average Bonchev–Trinajstić information content (AvgIpc) is 3.40. The van der Waals surface area contributed by atoms with Crippen LogP contribution < -0.4 is 10.6 Å². The van der Waals surface area contributed by atoms with Crippen molar-refractivity contribution in [2.45, 2.75) is 19.6 Å². The van der Waals surface area contributed by atoms with Gasteiger partial charge in [0.1, 0.15) is 0 Å². The number of imide groups is 1. The minimum absolute atomic E-state index is 0.175. The quantitative estimate of drug-likeness (QED) is 0.593. The summed E-state index contributed by atoms with van der Waals surface area (Å²) in [6.07, 6.45) is 3.66. The number of carbonyl (C=O) groups excluding carboxylic acids is 3. The van der Waals surface area contributed by atoms with Crippen molar-refractivity contribution in [2.24, 2.45) is 0 Å². The zero-order valence-electron chi connectivity index (χ0n) is 16.7. The van der Waals surface area contributed by atoms with Crippen LogP contribution in [0.4, 0.5) is 15.3 Å². The molecule has 0 spiro atoms. The molecule has 0 radical (unpaired) electrons. The van der Waals surface area contributed by atoms with Crippen molar-refractivity contribution in [2.75, 3.05) is 11.1 Å². The highest BCUT2D eigenvalue weighted by molar-refractivity contribution is 8.14. The molecular weight excluding hydrogens is 414 g/mol. The molecule has 2 heterocycles. The van der Waals surface area contributed by atoms with Gasteiger partial charge >= 0.3 is 6.03 Å². The van der Waals surface area contributed by atoms with E-state index >= 15 is 0 Å². The van der Waals surface area contributed by atoms with E-state index in [4.69, 9.17) is 0 Å². The third-order valence-corrected chi connectivity index (χ3v) is 5.63. The molecule has 31 heavy (non-hydrogen) atoms. The number of amides is 4. The first-order chi connectivity index (χ1) is 15.1. The number of hydrogen-bond donors (Lipinski definition) is 2. The zero-order chi connectivity index (χ0) is 21.6. The molecule has 1 aromatic heterocycles. The molecule has 2 N–H and O–H groups in total. The first-order valence-electron chi connectivity index (χ1n) is 9.73. The van der Waals surface area contributed by atoms with Crippen LogP contribution in [0, 0.1) is 0 Å². The van der Waals surface area contributed by atoms with Gasteiger partial charge in [-0.25, -0.2) is 4.79 Å². The second kappa shape index (κ2) is 9.48. The number of anilines is 1. The Kier molecular flexibility index (Phi) is 6.32. The van der Waals surface area contributed by atoms with E-state index in [1.54, 1.807) is 30.5 Å². The maximum atomic E-state index is 12.2. The Hall–Kier alpha value is -3.59. The third-order valence-electron chi connectivity index (χ3n) is 4.77. The highest BCUT2D eigenvalue weighted by Gasteiger charge is 2.29. The van der Waals surface area contributed by atoms with E-state index in [0.717, 1.165) is 28.5 Å². The van der Waals surface area contributed by atoms with Gasteiger partial charge in [0.25, 0.3) is 5.24 Å². The van der Waals surface area contributed by atoms with Gasteiger partial charge in [0, 0.05) is 24.6 Å². The van der Waals surface area contributed by atoms with Crippen LogP contribution in [0.15, 0.2) is 67.0 Å². The van der Waals surface area contributed by atoms with Crippen LogP contribution in [0.5, 0.6) is 0 Å². The molecule has 158 valence electrons. The van der Waals surface area contributed by atoms with Gasteiger partial charge in [-0.05, 0) is 34.9 Å². The van der Waals surface area contributed by atoms with E-state index in [1.165, 1.54) is 4.90 Å². The standard InChI is InChI=1S/C22H21N5O3S/c28-20-15-31-22(30)27(20)14-18-6-8-19(9-7-18)25-21(29)23-12-16-2-4-17(5-3-16)13-26-11-1-10-24-26/h1-11H,12-15H2,(H2,23,25,29). The molecule has 8 nitrogen and oxygen atoms in total. The second-order valence-electron chi connectivity index (χ2n) is 7.06. The molecule has 0 atom stereocenters. The molecule has 2 aromatic carbocycles. The summed E-state index contributed by atoms with van der Waals surface area (Å²) in [5.74, 6) is 0.0251.